The predicted molar refractivity (Wildman–Crippen MR) is 42.8 cm³/mol. The lowest BCUT2D eigenvalue weighted by Crippen LogP contribution is -2.06. The molecule has 1 heterocycles. The number of ether oxygens (including phenoxy) is 2. The number of halogens is 1. The van der Waals surface area contributed by atoms with Crippen LogP contribution in [0.2, 0.25) is 0 Å². The zero-order chi connectivity index (χ0) is 10.1. The van der Waals surface area contributed by atoms with Gasteiger partial charge in [-0.2, -0.15) is 4.39 Å². The van der Waals surface area contributed by atoms with Crippen molar-refractivity contribution in [1.29, 1.82) is 0 Å². The minimum atomic E-state index is -0.870. The fraction of sp³-hybridized carbons (Fsp3) is 0.250. The van der Waals surface area contributed by atoms with Gasteiger partial charge < -0.3 is 19.8 Å². The summed E-state index contributed by atoms with van der Waals surface area (Å²) in [5, 5.41) is 17.8. The van der Waals surface area contributed by atoms with Gasteiger partial charge in [0.1, 0.15) is 0 Å². The van der Waals surface area contributed by atoms with Crippen LogP contribution in [0.5, 0.6) is 17.2 Å². The van der Waals surface area contributed by atoms with Crippen LogP contribution in [-0.2, 0) is 6.54 Å². The Morgan fingerprint density at radius 2 is 2.29 bits per heavy atom. The van der Waals surface area contributed by atoms with Crippen LogP contribution in [0.15, 0.2) is 6.07 Å². The Labute approximate surface area is 78.6 Å². The first-order valence-electron chi connectivity index (χ1n) is 3.91. The Morgan fingerprint density at radius 1 is 1.50 bits per heavy atom. The molecule has 3 N–H and O–H groups in total. The van der Waals surface area contributed by atoms with Crippen molar-refractivity contribution in [2.75, 3.05) is 6.79 Å². The number of hydrogen-bond donors (Lipinski definition) is 3. The normalized spacial score (nSPS) is 13.3. The molecule has 0 bridgehead atoms. The van der Waals surface area contributed by atoms with Gasteiger partial charge in [0.25, 0.3) is 0 Å². The van der Waals surface area contributed by atoms with Gasteiger partial charge in [0.2, 0.25) is 18.4 Å². The molecule has 0 unspecified atom stereocenters. The molecule has 0 aliphatic carbocycles. The highest BCUT2D eigenvalue weighted by molar-refractivity contribution is 5.52. The number of fused-ring (bicyclic) bond motifs is 1. The molecule has 1 aromatic carbocycles. The summed E-state index contributed by atoms with van der Waals surface area (Å²) in [7, 11) is 0. The van der Waals surface area contributed by atoms with E-state index in [1.54, 1.807) is 0 Å². The molecule has 1 aliphatic heterocycles. The molecule has 76 valence electrons. The fourth-order valence-electron chi connectivity index (χ4n) is 1.26. The van der Waals surface area contributed by atoms with Crippen molar-refractivity contribution in [2.24, 2.45) is 0 Å². The highest BCUT2D eigenvalue weighted by Gasteiger charge is 2.24. The first-order valence-corrected chi connectivity index (χ1v) is 3.91. The summed E-state index contributed by atoms with van der Waals surface area (Å²) in [4.78, 5) is 0. The van der Waals surface area contributed by atoms with E-state index in [9.17, 15) is 9.50 Å². The van der Waals surface area contributed by atoms with E-state index < -0.39 is 11.6 Å². The van der Waals surface area contributed by atoms with Gasteiger partial charge in [-0.3, -0.25) is 0 Å². The lowest BCUT2D eigenvalue weighted by atomic mass is 10.1. The maximum Gasteiger partial charge on any atom is 0.231 e. The molecule has 1 aliphatic rings. The zero-order valence-corrected chi connectivity index (χ0v) is 7.08. The van der Waals surface area contributed by atoms with Crippen molar-refractivity contribution < 1.29 is 24.2 Å². The van der Waals surface area contributed by atoms with Crippen LogP contribution >= 0.6 is 0 Å². The minimum absolute atomic E-state index is 0.0678. The molecule has 5 nitrogen and oxygen atoms in total. The van der Waals surface area contributed by atoms with E-state index >= 15 is 0 Å². The largest absolute Gasteiger partial charge is 0.504 e. The van der Waals surface area contributed by atoms with E-state index in [1.165, 1.54) is 6.07 Å². The van der Waals surface area contributed by atoms with E-state index in [0.717, 1.165) is 0 Å². The fourth-order valence-corrected chi connectivity index (χ4v) is 1.26. The number of nitrogens with one attached hydrogen (secondary N) is 1. The van der Waals surface area contributed by atoms with E-state index in [0.29, 0.717) is 0 Å². The highest BCUT2D eigenvalue weighted by Crippen LogP contribution is 2.41. The van der Waals surface area contributed by atoms with Crippen molar-refractivity contribution in [1.82, 2.24) is 5.48 Å². The second kappa shape index (κ2) is 3.32. The van der Waals surface area contributed by atoms with E-state index in [1.807, 2.05) is 5.48 Å². The van der Waals surface area contributed by atoms with Crippen molar-refractivity contribution in [3.8, 4) is 17.2 Å². The maximum atomic E-state index is 13.3. The molecule has 0 fully saturated rings. The highest BCUT2D eigenvalue weighted by atomic mass is 19.1. The molecule has 1 aromatic rings. The molecule has 14 heavy (non-hydrogen) atoms. The van der Waals surface area contributed by atoms with Gasteiger partial charge in [-0.05, 0) is 6.07 Å². The van der Waals surface area contributed by atoms with Gasteiger partial charge in [-0.1, -0.05) is 0 Å². The Hall–Kier alpha value is -1.53. The average molecular weight is 201 g/mol. The molecule has 2 rings (SSSR count). The molecular weight excluding hydrogens is 193 g/mol. The van der Waals surface area contributed by atoms with Gasteiger partial charge in [-0.15, -0.1) is 0 Å². The minimum Gasteiger partial charge on any atom is -0.504 e. The molecule has 0 atom stereocenters. The Morgan fingerprint density at radius 3 is 3.00 bits per heavy atom. The van der Waals surface area contributed by atoms with Crippen LogP contribution in [0.25, 0.3) is 0 Å². The van der Waals surface area contributed by atoms with Crippen LogP contribution in [0, 0.1) is 5.82 Å². The Bertz CT molecular complexity index is 369. The van der Waals surface area contributed by atoms with Crippen LogP contribution in [0.3, 0.4) is 0 Å². The number of aromatic hydroxyl groups is 1. The molecule has 6 heteroatoms. The third-order valence-corrected chi connectivity index (χ3v) is 1.93. The van der Waals surface area contributed by atoms with E-state index in [2.05, 4.69) is 0 Å². The summed E-state index contributed by atoms with van der Waals surface area (Å²) < 4.78 is 23.1. The van der Waals surface area contributed by atoms with Crippen molar-refractivity contribution in [3.63, 3.8) is 0 Å². The Kier molecular flexibility index (Phi) is 2.14. The monoisotopic (exact) mass is 201 g/mol. The topological polar surface area (TPSA) is 71.0 Å². The summed E-state index contributed by atoms with van der Waals surface area (Å²) in [5.41, 5.74) is 2.02. The van der Waals surface area contributed by atoms with Gasteiger partial charge in [-0.25, -0.2) is 5.48 Å². The molecule has 0 saturated carbocycles. The standard InChI is InChI=1S/C8H8FNO4/c9-6-7(11)4(2-10-12)1-5-8(6)14-3-13-5/h1,10-12H,2-3H2. The summed E-state index contributed by atoms with van der Waals surface area (Å²) >= 11 is 0. The van der Waals surface area contributed by atoms with Crippen LogP contribution in [0.4, 0.5) is 4.39 Å². The summed E-state index contributed by atoms with van der Waals surface area (Å²) in [6.45, 7) is -0.138. The molecular formula is C8H8FNO4. The number of rotatable bonds is 2. The van der Waals surface area contributed by atoms with Gasteiger partial charge in [0.05, 0.1) is 0 Å². The smallest absolute Gasteiger partial charge is 0.231 e. The number of benzene rings is 1. The maximum absolute atomic E-state index is 13.3. The predicted octanol–water partition coefficient (Wildman–Crippen LogP) is 0.739. The third-order valence-electron chi connectivity index (χ3n) is 1.93. The molecule has 0 saturated heterocycles. The van der Waals surface area contributed by atoms with Crippen molar-refractivity contribution in [2.45, 2.75) is 6.54 Å². The lowest BCUT2D eigenvalue weighted by Gasteiger charge is -2.06. The van der Waals surface area contributed by atoms with Crippen LogP contribution in [0.1, 0.15) is 5.56 Å². The van der Waals surface area contributed by atoms with E-state index in [-0.39, 0.29) is 30.4 Å². The number of hydroxylamine groups is 1. The quantitative estimate of drug-likeness (QED) is 0.615. The van der Waals surface area contributed by atoms with Crippen molar-refractivity contribution in [3.05, 3.63) is 17.4 Å². The van der Waals surface area contributed by atoms with Gasteiger partial charge in [0.15, 0.2) is 11.5 Å². The SMILES string of the molecule is ONCc1cc2c(c(F)c1O)OCO2. The molecule has 0 amide bonds. The third kappa shape index (κ3) is 1.24. The Balaban J connectivity index is 2.49. The second-order valence-corrected chi connectivity index (χ2v) is 2.77. The zero-order valence-electron chi connectivity index (χ0n) is 7.08. The van der Waals surface area contributed by atoms with Crippen LogP contribution in [-0.4, -0.2) is 17.1 Å². The van der Waals surface area contributed by atoms with Crippen molar-refractivity contribution >= 4 is 0 Å². The average Bonchev–Trinajstić information content (AvgIpc) is 2.62. The molecule has 0 spiro atoms. The first-order chi connectivity index (χ1) is 6.74. The van der Waals surface area contributed by atoms with Crippen LogP contribution < -0.4 is 15.0 Å². The summed E-state index contributed by atoms with van der Waals surface area (Å²) in [5.74, 6) is -1.28. The molecule has 0 radical (unpaired) electrons. The lowest BCUT2D eigenvalue weighted by molar-refractivity contribution is 0.160. The van der Waals surface area contributed by atoms with Gasteiger partial charge >= 0.3 is 0 Å². The number of phenolic OH excluding ortho intramolecular Hbond substituents is 1. The summed E-state index contributed by atoms with van der Waals surface area (Å²) in [6.07, 6.45) is 0. The summed E-state index contributed by atoms with van der Waals surface area (Å²) in [6, 6.07) is 1.41. The number of hydrogen-bond acceptors (Lipinski definition) is 5. The number of phenols is 1. The van der Waals surface area contributed by atoms with E-state index in [4.69, 9.17) is 14.7 Å². The molecule has 0 aromatic heterocycles. The second-order valence-electron chi connectivity index (χ2n) is 2.77. The van der Waals surface area contributed by atoms with Gasteiger partial charge in [0, 0.05) is 12.1 Å². The first kappa shape index (κ1) is 9.04.